The van der Waals surface area contributed by atoms with Gasteiger partial charge in [-0.15, -0.1) is 0 Å². The van der Waals surface area contributed by atoms with E-state index < -0.39 is 22.9 Å². The Kier molecular flexibility index (Phi) is 5.95. The number of esters is 1. The highest BCUT2D eigenvalue weighted by Gasteiger charge is 2.22. The molecule has 0 heterocycles. The van der Waals surface area contributed by atoms with E-state index in [1.54, 1.807) is 18.2 Å². The van der Waals surface area contributed by atoms with Crippen LogP contribution in [0.1, 0.15) is 17.3 Å². The molecule has 9 heteroatoms. The first-order chi connectivity index (χ1) is 11.8. The van der Waals surface area contributed by atoms with Crippen LogP contribution >= 0.6 is 23.2 Å². The maximum absolute atomic E-state index is 12.1. The van der Waals surface area contributed by atoms with Gasteiger partial charge in [0.2, 0.25) is 0 Å². The average molecular weight is 383 g/mol. The minimum atomic E-state index is -1.15. The molecule has 130 valence electrons. The Morgan fingerprint density at radius 2 is 1.92 bits per heavy atom. The lowest BCUT2D eigenvalue weighted by Gasteiger charge is -2.14. The quantitative estimate of drug-likeness (QED) is 0.477. The van der Waals surface area contributed by atoms with Crippen LogP contribution in [0.5, 0.6) is 0 Å². The molecular formula is C16H12Cl2N2O5. The average Bonchev–Trinajstić information content (AvgIpc) is 2.54. The number of rotatable bonds is 5. The topological polar surface area (TPSA) is 98.5 Å². The third-order valence-electron chi connectivity index (χ3n) is 3.13. The lowest BCUT2D eigenvalue weighted by Crippen LogP contribution is -2.30. The molecule has 1 atom stereocenters. The van der Waals surface area contributed by atoms with Gasteiger partial charge in [-0.05, 0) is 31.2 Å². The SMILES string of the molecule is C[C@@H](OC(=O)c1cc([N+](=O)[O-])ccc1Cl)C(=O)Nc1cccc(Cl)c1. The molecule has 0 aliphatic heterocycles. The lowest BCUT2D eigenvalue weighted by atomic mass is 10.2. The number of hydrogen-bond donors (Lipinski definition) is 1. The summed E-state index contributed by atoms with van der Waals surface area (Å²) in [6, 6.07) is 9.82. The van der Waals surface area contributed by atoms with Crippen LogP contribution in [0.15, 0.2) is 42.5 Å². The molecule has 25 heavy (non-hydrogen) atoms. The Morgan fingerprint density at radius 3 is 2.56 bits per heavy atom. The fourth-order valence-corrected chi connectivity index (χ4v) is 2.26. The monoisotopic (exact) mass is 382 g/mol. The van der Waals surface area contributed by atoms with Gasteiger partial charge in [0, 0.05) is 22.8 Å². The molecular weight excluding hydrogens is 371 g/mol. The summed E-state index contributed by atoms with van der Waals surface area (Å²) < 4.78 is 5.03. The minimum absolute atomic E-state index is 0.0157. The number of hydrogen-bond acceptors (Lipinski definition) is 5. The van der Waals surface area contributed by atoms with Crippen molar-refractivity contribution in [2.24, 2.45) is 0 Å². The summed E-state index contributed by atoms with van der Waals surface area (Å²) in [7, 11) is 0. The van der Waals surface area contributed by atoms with Gasteiger partial charge < -0.3 is 10.1 Å². The molecule has 0 fully saturated rings. The summed E-state index contributed by atoms with van der Waals surface area (Å²) in [6.07, 6.45) is -1.15. The maximum Gasteiger partial charge on any atom is 0.340 e. The number of nitro groups is 1. The number of non-ortho nitro benzene ring substituents is 1. The summed E-state index contributed by atoms with van der Waals surface area (Å²) in [6.45, 7) is 1.36. The first kappa shape index (κ1) is 18.7. The Labute approximate surface area is 152 Å². The van der Waals surface area contributed by atoms with E-state index in [-0.39, 0.29) is 16.3 Å². The van der Waals surface area contributed by atoms with Gasteiger partial charge in [-0.3, -0.25) is 14.9 Å². The second kappa shape index (κ2) is 7.96. The number of amides is 1. The van der Waals surface area contributed by atoms with Crippen LogP contribution in [-0.4, -0.2) is 22.9 Å². The highest BCUT2D eigenvalue weighted by Crippen LogP contribution is 2.23. The van der Waals surface area contributed by atoms with Crippen molar-refractivity contribution in [1.29, 1.82) is 0 Å². The number of anilines is 1. The standard InChI is InChI=1S/C16H12Cl2N2O5/c1-9(15(21)19-11-4-2-3-10(17)7-11)25-16(22)13-8-12(20(23)24)5-6-14(13)18/h2-9H,1H3,(H,19,21)/t9-/m1/s1. The van der Waals surface area contributed by atoms with E-state index in [0.717, 1.165) is 12.1 Å². The van der Waals surface area contributed by atoms with Crippen molar-refractivity contribution in [2.75, 3.05) is 5.32 Å². The Balaban J connectivity index is 2.08. The van der Waals surface area contributed by atoms with Crippen LogP contribution in [-0.2, 0) is 9.53 Å². The molecule has 0 bridgehead atoms. The van der Waals surface area contributed by atoms with E-state index in [9.17, 15) is 19.7 Å². The Hall–Kier alpha value is -2.64. The van der Waals surface area contributed by atoms with E-state index in [2.05, 4.69) is 5.32 Å². The molecule has 0 aromatic heterocycles. The molecule has 0 spiro atoms. The van der Waals surface area contributed by atoms with Crippen LogP contribution in [0.25, 0.3) is 0 Å². The molecule has 2 aromatic rings. The normalized spacial score (nSPS) is 11.5. The van der Waals surface area contributed by atoms with Crippen molar-refractivity contribution >= 4 is 46.5 Å². The van der Waals surface area contributed by atoms with Crippen LogP contribution in [0, 0.1) is 10.1 Å². The Bertz CT molecular complexity index is 841. The molecule has 0 saturated heterocycles. The number of halogens is 2. The second-order valence-corrected chi connectivity index (χ2v) is 5.81. The minimum Gasteiger partial charge on any atom is -0.449 e. The van der Waals surface area contributed by atoms with E-state index in [4.69, 9.17) is 27.9 Å². The summed E-state index contributed by atoms with van der Waals surface area (Å²) >= 11 is 11.7. The molecule has 1 N–H and O–H groups in total. The van der Waals surface area contributed by atoms with Crippen molar-refractivity contribution in [3.05, 3.63) is 68.2 Å². The fourth-order valence-electron chi connectivity index (χ4n) is 1.87. The predicted molar refractivity (Wildman–Crippen MR) is 93.1 cm³/mol. The first-order valence-electron chi connectivity index (χ1n) is 6.99. The molecule has 0 saturated carbocycles. The highest BCUT2D eigenvalue weighted by atomic mass is 35.5. The van der Waals surface area contributed by atoms with Crippen molar-refractivity contribution < 1.29 is 19.2 Å². The predicted octanol–water partition coefficient (Wildman–Crippen LogP) is 4.09. The van der Waals surface area contributed by atoms with Crippen molar-refractivity contribution in [1.82, 2.24) is 0 Å². The van der Waals surface area contributed by atoms with Crippen LogP contribution < -0.4 is 5.32 Å². The third-order valence-corrected chi connectivity index (χ3v) is 3.69. The van der Waals surface area contributed by atoms with E-state index in [1.807, 2.05) is 0 Å². The number of ether oxygens (including phenoxy) is 1. The molecule has 1 amide bonds. The van der Waals surface area contributed by atoms with Crippen LogP contribution in [0.4, 0.5) is 11.4 Å². The Morgan fingerprint density at radius 1 is 1.20 bits per heavy atom. The zero-order chi connectivity index (χ0) is 18.6. The van der Waals surface area contributed by atoms with Crippen LogP contribution in [0.2, 0.25) is 10.0 Å². The summed E-state index contributed by atoms with van der Waals surface area (Å²) in [5.41, 5.74) is -0.0700. The largest absolute Gasteiger partial charge is 0.449 e. The summed E-state index contributed by atoms with van der Waals surface area (Å²) in [5.74, 6) is -1.53. The maximum atomic E-state index is 12.1. The summed E-state index contributed by atoms with van der Waals surface area (Å²) in [4.78, 5) is 34.3. The number of carbonyl (C=O) groups excluding carboxylic acids is 2. The van der Waals surface area contributed by atoms with E-state index in [0.29, 0.717) is 10.7 Å². The lowest BCUT2D eigenvalue weighted by molar-refractivity contribution is -0.384. The van der Waals surface area contributed by atoms with Gasteiger partial charge in [0.15, 0.2) is 6.10 Å². The molecule has 0 radical (unpaired) electrons. The smallest absolute Gasteiger partial charge is 0.340 e. The van der Waals surface area contributed by atoms with Gasteiger partial charge >= 0.3 is 5.97 Å². The van der Waals surface area contributed by atoms with E-state index >= 15 is 0 Å². The molecule has 2 aromatic carbocycles. The number of carbonyl (C=O) groups is 2. The van der Waals surface area contributed by atoms with E-state index in [1.165, 1.54) is 19.1 Å². The zero-order valence-electron chi connectivity index (χ0n) is 12.9. The van der Waals surface area contributed by atoms with Gasteiger partial charge in [-0.2, -0.15) is 0 Å². The van der Waals surface area contributed by atoms with Crippen molar-refractivity contribution in [3.63, 3.8) is 0 Å². The molecule has 0 unspecified atom stereocenters. The molecule has 0 aliphatic carbocycles. The van der Waals surface area contributed by atoms with Gasteiger partial charge in [0.25, 0.3) is 11.6 Å². The number of benzene rings is 2. The molecule has 7 nitrogen and oxygen atoms in total. The first-order valence-corrected chi connectivity index (χ1v) is 7.75. The van der Waals surface area contributed by atoms with Crippen molar-refractivity contribution in [2.45, 2.75) is 13.0 Å². The second-order valence-electron chi connectivity index (χ2n) is 4.97. The zero-order valence-corrected chi connectivity index (χ0v) is 14.4. The fraction of sp³-hybridized carbons (Fsp3) is 0.125. The van der Waals surface area contributed by atoms with Gasteiger partial charge in [-0.1, -0.05) is 29.3 Å². The van der Waals surface area contributed by atoms with Gasteiger partial charge in [0.1, 0.15) is 0 Å². The van der Waals surface area contributed by atoms with Crippen molar-refractivity contribution in [3.8, 4) is 0 Å². The number of nitrogens with one attached hydrogen (secondary N) is 1. The molecule has 0 aliphatic rings. The van der Waals surface area contributed by atoms with Gasteiger partial charge in [-0.25, -0.2) is 4.79 Å². The van der Waals surface area contributed by atoms with Crippen LogP contribution in [0.3, 0.4) is 0 Å². The highest BCUT2D eigenvalue weighted by molar-refractivity contribution is 6.33. The van der Waals surface area contributed by atoms with Gasteiger partial charge in [0.05, 0.1) is 15.5 Å². The third kappa shape index (κ3) is 4.91. The number of nitrogens with zero attached hydrogens (tertiary/aromatic N) is 1. The molecule has 2 rings (SSSR count). The number of nitro benzene ring substituents is 1. The summed E-state index contributed by atoms with van der Waals surface area (Å²) in [5, 5.41) is 13.7.